The standard InChI is InChI=1S/C11H14O3S/c1-8-2-3-9(13-8)6-11(12)14-10-4-5-15-7-10/h2-3,10H,4-7H2,1H3/t10-/m1/s1. The molecule has 1 aromatic rings. The Morgan fingerprint density at radius 1 is 1.67 bits per heavy atom. The highest BCUT2D eigenvalue weighted by molar-refractivity contribution is 7.99. The van der Waals surface area contributed by atoms with Crippen molar-refractivity contribution in [2.75, 3.05) is 11.5 Å². The first-order valence-corrected chi connectivity index (χ1v) is 6.22. The van der Waals surface area contributed by atoms with Gasteiger partial charge in [-0.05, 0) is 31.2 Å². The molecule has 82 valence electrons. The number of furan rings is 1. The van der Waals surface area contributed by atoms with Gasteiger partial charge < -0.3 is 9.15 Å². The number of aryl methyl sites for hydroxylation is 1. The van der Waals surface area contributed by atoms with E-state index in [2.05, 4.69) is 0 Å². The number of carbonyl (C=O) groups is 1. The maximum absolute atomic E-state index is 11.5. The lowest BCUT2D eigenvalue weighted by molar-refractivity contribution is -0.147. The second-order valence-corrected chi connectivity index (χ2v) is 4.81. The molecule has 0 aliphatic carbocycles. The van der Waals surface area contributed by atoms with Gasteiger partial charge in [0.1, 0.15) is 24.0 Å². The number of hydrogen-bond donors (Lipinski definition) is 0. The number of thioether (sulfide) groups is 1. The average molecular weight is 226 g/mol. The van der Waals surface area contributed by atoms with Gasteiger partial charge in [-0.15, -0.1) is 0 Å². The van der Waals surface area contributed by atoms with E-state index in [1.807, 2.05) is 30.8 Å². The predicted molar refractivity (Wildman–Crippen MR) is 59.0 cm³/mol. The fraction of sp³-hybridized carbons (Fsp3) is 0.545. The smallest absolute Gasteiger partial charge is 0.313 e. The highest BCUT2D eigenvalue weighted by Gasteiger charge is 2.20. The molecule has 1 atom stereocenters. The zero-order chi connectivity index (χ0) is 10.7. The summed E-state index contributed by atoms with van der Waals surface area (Å²) in [5.74, 6) is 3.36. The van der Waals surface area contributed by atoms with E-state index in [4.69, 9.17) is 9.15 Å². The molecule has 0 N–H and O–H groups in total. The van der Waals surface area contributed by atoms with E-state index < -0.39 is 0 Å². The summed E-state index contributed by atoms with van der Waals surface area (Å²) >= 11 is 1.83. The van der Waals surface area contributed by atoms with E-state index in [9.17, 15) is 4.79 Å². The maximum Gasteiger partial charge on any atom is 0.313 e. The van der Waals surface area contributed by atoms with Crippen LogP contribution in [0.4, 0.5) is 0 Å². The van der Waals surface area contributed by atoms with E-state index in [1.165, 1.54) is 0 Å². The minimum absolute atomic E-state index is 0.110. The summed E-state index contributed by atoms with van der Waals surface area (Å²) in [5.41, 5.74) is 0. The zero-order valence-electron chi connectivity index (χ0n) is 8.69. The molecule has 1 saturated heterocycles. The molecule has 2 rings (SSSR count). The first kappa shape index (κ1) is 10.6. The lowest BCUT2D eigenvalue weighted by Crippen LogP contribution is -2.18. The molecule has 2 heterocycles. The molecular formula is C11H14O3S. The van der Waals surface area contributed by atoms with Crippen LogP contribution in [0.2, 0.25) is 0 Å². The second kappa shape index (κ2) is 4.75. The Kier molecular flexibility index (Phi) is 3.36. The van der Waals surface area contributed by atoms with Crippen LogP contribution < -0.4 is 0 Å². The van der Waals surface area contributed by atoms with E-state index in [0.717, 1.165) is 23.7 Å². The van der Waals surface area contributed by atoms with Crippen LogP contribution in [0, 0.1) is 6.92 Å². The second-order valence-electron chi connectivity index (χ2n) is 3.66. The Labute approximate surface area is 93.2 Å². The summed E-state index contributed by atoms with van der Waals surface area (Å²) in [4.78, 5) is 11.5. The highest BCUT2D eigenvalue weighted by atomic mass is 32.2. The molecule has 0 bridgehead atoms. The van der Waals surface area contributed by atoms with Crippen LogP contribution in [0.25, 0.3) is 0 Å². The molecule has 1 aromatic heterocycles. The Morgan fingerprint density at radius 2 is 2.53 bits per heavy atom. The predicted octanol–water partition coefficient (Wildman–Crippen LogP) is 2.18. The van der Waals surface area contributed by atoms with Crippen molar-refractivity contribution < 1.29 is 13.9 Å². The van der Waals surface area contributed by atoms with Gasteiger partial charge in [0.25, 0.3) is 0 Å². The summed E-state index contributed by atoms with van der Waals surface area (Å²) in [5, 5.41) is 0. The fourth-order valence-electron chi connectivity index (χ4n) is 1.56. The average Bonchev–Trinajstić information content (AvgIpc) is 2.77. The number of carbonyl (C=O) groups excluding carboxylic acids is 1. The van der Waals surface area contributed by atoms with Crippen LogP contribution >= 0.6 is 11.8 Å². The molecule has 1 aliphatic heterocycles. The van der Waals surface area contributed by atoms with Gasteiger partial charge in [0.15, 0.2) is 0 Å². The fourth-order valence-corrected chi connectivity index (χ4v) is 2.65. The number of hydrogen-bond acceptors (Lipinski definition) is 4. The van der Waals surface area contributed by atoms with Crippen LogP contribution in [0.15, 0.2) is 16.5 Å². The van der Waals surface area contributed by atoms with Crippen molar-refractivity contribution in [3.05, 3.63) is 23.7 Å². The third-order valence-corrected chi connectivity index (χ3v) is 3.43. The highest BCUT2D eigenvalue weighted by Crippen LogP contribution is 2.20. The van der Waals surface area contributed by atoms with Crippen molar-refractivity contribution in [3.8, 4) is 0 Å². The van der Waals surface area contributed by atoms with Crippen LogP contribution in [-0.2, 0) is 16.0 Å². The van der Waals surface area contributed by atoms with Gasteiger partial charge in [-0.2, -0.15) is 11.8 Å². The molecule has 1 aliphatic rings. The summed E-state index contributed by atoms with van der Waals surface area (Å²) in [6.45, 7) is 1.86. The van der Waals surface area contributed by atoms with Crippen LogP contribution in [0.5, 0.6) is 0 Å². The molecule has 0 unspecified atom stereocenters. The number of esters is 1. The number of ether oxygens (including phenoxy) is 1. The third kappa shape index (κ3) is 3.02. The molecular weight excluding hydrogens is 212 g/mol. The monoisotopic (exact) mass is 226 g/mol. The molecule has 1 fully saturated rings. The Balaban J connectivity index is 1.81. The van der Waals surface area contributed by atoms with Crippen molar-refractivity contribution in [2.24, 2.45) is 0 Å². The largest absolute Gasteiger partial charge is 0.466 e. The van der Waals surface area contributed by atoms with Crippen molar-refractivity contribution in [2.45, 2.75) is 25.9 Å². The zero-order valence-corrected chi connectivity index (χ0v) is 9.51. The topological polar surface area (TPSA) is 39.4 Å². The van der Waals surface area contributed by atoms with Crippen LogP contribution in [0.3, 0.4) is 0 Å². The van der Waals surface area contributed by atoms with E-state index in [1.54, 1.807) is 0 Å². The Morgan fingerprint density at radius 3 is 3.13 bits per heavy atom. The van der Waals surface area contributed by atoms with Crippen LogP contribution in [-0.4, -0.2) is 23.6 Å². The van der Waals surface area contributed by atoms with E-state index in [-0.39, 0.29) is 18.5 Å². The quantitative estimate of drug-likeness (QED) is 0.741. The first-order valence-electron chi connectivity index (χ1n) is 5.06. The van der Waals surface area contributed by atoms with Crippen molar-refractivity contribution in [3.63, 3.8) is 0 Å². The van der Waals surface area contributed by atoms with Gasteiger partial charge in [-0.1, -0.05) is 0 Å². The summed E-state index contributed by atoms with van der Waals surface area (Å²) in [7, 11) is 0. The van der Waals surface area contributed by atoms with E-state index >= 15 is 0 Å². The van der Waals surface area contributed by atoms with Gasteiger partial charge in [0.05, 0.1) is 0 Å². The summed E-state index contributed by atoms with van der Waals surface area (Å²) in [6, 6.07) is 3.67. The van der Waals surface area contributed by atoms with Gasteiger partial charge in [-0.25, -0.2) is 0 Å². The van der Waals surface area contributed by atoms with Gasteiger partial charge in [-0.3, -0.25) is 4.79 Å². The van der Waals surface area contributed by atoms with Crippen molar-refractivity contribution in [1.29, 1.82) is 0 Å². The number of rotatable bonds is 3. The van der Waals surface area contributed by atoms with Gasteiger partial charge in [0, 0.05) is 5.75 Å². The minimum atomic E-state index is -0.183. The van der Waals surface area contributed by atoms with Gasteiger partial charge in [0.2, 0.25) is 0 Å². The molecule has 4 heteroatoms. The first-order chi connectivity index (χ1) is 7.24. The molecule has 0 aromatic carbocycles. The lowest BCUT2D eigenvalue weighted by atomic mass is 10.3. The Hall–Kier alpha value is -0.900. The summed E-state index contributed by atoms with van der Waals surface area (Å²) < 4.78 is 10.6. The Bertz CT molecular complexity index is 339. The van der Waals surface area contributed by atoms with Crippen LogP contribution in [0.1, 0.15) is 17.9 Å². The SMILES string of the molecule is Cc1ccc(CC(=O)O[C@@H]2CCSC2)o1. The van der Waals surface area contributed by atoms with Gasteiger partial charge >= 0.3 is 5.97 Å². The maximum atomic E-state index is 11.5. The third-order valence-electron chi connectivity index (χ3n) is 2.30. The van der Waals surface area contributed by atoms with Crippen molar-refractivity contribution >= 4 is 17.7 Å². The minimum Gasteiger partial charge on any atom is -0.466 e. The summed E-state index contributed by atoms with van der Waals surface area (Å²) in [6.07, 6.45) is 1.33. The molecule has 3 nitrogen and oxygen atoms in total. The molecule has 0 amide bonds. The lowest BCUT2D eigenvalue weighted by Gasteiger charge is -2.09. The molecule has 0 radical (unpaired) electrons. The molecule has 15 heavy (non-hydrogen) atoms. The molecule has 0 saturated carbocycles. The van der Waals surface area contributed by atoms with Crippen molar-refractivity contribution in [1.82, 2.24) is 0 Å². The molecule has 0 spiro atoms. The normalized spacial score (nSPS) is 20.5. The van der Waals surface area contributed by atoms with E-state index in [0.29, 0.717) is 5.76 Å².